The first-order valence-corrected chi connectivity index (χ1v) is 16.9. The van der Waals surface area contributed by atoms with E-state index in [1.807, 2.05) is 4.90 Å². The third-order valence-corrected chi connectivity index (χ3v) is 11.9. The predicted octanol–water partition coefficient (Wildman–Crippen LogP) is 8.13. The molecule has 0 bridgehead atoms. The van der Waals surface area contributed by atoms with Crippen molar-refractivity contribution < 1.29 is 23.9 Å². The van der Waals surface area contributed by atoms with Crippen molar-refractivity contribution in [3.63, 3.8) is 0 Å². The molecule has 2 saturated carbocycles. The highest BCUT2D eigenvalue weighted by molar-refractivity contribution is 6.33. The van der Waals surface area contributed by atoms with E-state index in [-0.39, 0.29) is 22.6 Å². The summed E-state index contributed by atoms with van der Waals surface area (Å²) in [7, 11) is 0. The van der Waals surface area contributed by atoms with E-state index in [1.165, 1.54) is 12.5 Å². The molecule has 0 N–H and O–H groups in total. The van der Waals surface area contributed by atoms with Crippen LogP contribution in [0.5, 0.6) is 0 Å². The number of Topliss-reactive ketones (excluding diaryl/α,β-unsaturated/α-hetero) is 1. The van der Waals surface area contributed by atoms with Gasteiger partial charge < -0.3 is 14.4 Å². The lowest BCUT2D eigenvalue weighted by atomic mass is 9.47. The van der Waals surface area contributed by atoms with Crippen molar-refractivity contribution in [2.24, 2.45) is 28.6 Å². The first kappa shape index (κ1) is 32.4. The second-order valence-electron chi connectivity index (χ2n) is 13.2. The van der Waals surface area contributed by atoms with Crippen LogP contribution < -0.4 is 4.90 Å². The number of anilines is 1. The van der Waals surface area contributed by atoms with Gasteiger partial charge in [0.2, 0.25) is 0 Å². The van der Waals surface area contributed by atoms with Gasteiger partial charge in [-0.25, -0.2) is 4.79 Å². The van der Waals surface area contributed by atoms with Gasteiger partial charge in [-0.3, -0.25) is 9.59 Å². The average Bonchev–Trinajstić information content (AvgIpc) is 3.26. The van der Waals surface area contributed by atoms with E-state index in [0.717, 1.165) is 32.1 Å². The normalized spacial score (nSPS) is 32.9. The molecule has 6 nitrogen and oxygen atoms in total. The van der Waals surface area contributed by atoms with Gasteiger partial charge in [0.15, 0.2) is 11.4 Å². The number of hydrogen-bond donors (Lipinski definition) is 0. The number of carbonyl (C=O) groups is 3. The highest BCUT2D eigenvalue weighted by Gasteiger charge is 2.67. The third-order valence-electron chi connectivity index (χ3n) is 11.2. The number of esters is 2. The SMILES string of the molecule is CC(=O)O[C@]1(C(C)=O)CC[C@H]2[C@@H]3CC=C4C=C(OC(=O)c5ccc(Cl)c(N(CCCl)CCCl)c5)CC[C@]4(C)[C@H]3CC[C@@]21C. The van der Waals surface area contributed by atoms with Crippen molar-refractivity contribution in [3.05, 3.63) is 52.3 Å². The molecule has 234 valence electrons. The zero-order valence-corrected chi connectivity index (χ0v) is 27.8. The molecule has 0 saturated heterocycles. The zero-order chi connectivity index (χ0) is 31.2. The summed E-state index contributed by atoms with van der Waals surface area (Å²) in [6.45, 7) is 8.64. The molecular weight excluding hydrogens is 609 g/mol. The molecule has 0 aromatic heterocycles. The number of ketones is 1. The minimum absolute atomic E-state index is 0.0323. The van der Waals surface area contributed by atoms with Crippen molar-refractivity contribution in [2.45, 2.75) is 78.2 Å². The van der Waals surface area contributed by atoms with E-state index < -0.39 is 11.6 Å². The molecule has 1 aromatic rings. The van der Waals surface area contributed by atoms with Crippen molar-refractivity contribution in [1.29, 1.82) is 0 Å². The van der Waals surface area contributed by atoms with Crippen LogP contribution in [0.15, 0.2) is 41.7 Å². The smallest absolute Gasteiger partial charge is 0.343 e. The highest BCUT2D eigenvalue weighted by atomic mass is 35.5. The molecule has 1 aromatic carbocycles. The number of allylic oxidation sites excluding steroid dienone is 4. The number of hydrogen-bond acceptors (Lipinski definition) is 6. The summed E-state index contributed by atoms with van der Waals surface area (Å²) in [5, 5.41) is 0.528. The van der Waals surface area contributed by atoms with Gasteiger partial charge in [0.05, 0.1) is 16.3 Å². The number of halogens is 3. The van der Waals surface area contributed by atoms with E-state index in [0.29, 0.717) is 77.5 Å². The van der Waals surface area contributed by atoms with Crippen molar-refractivity contribution in [2.75, 3.05) is 29.7 Å². The lowest BCUT2D eigenvalue weighted by Crippen LogP contribution is -2.58. The van der Waals surface area contributed by atoms with Gasteiger partial charge >= 0.3 is 11.9 Å². The molecule has 0 aliphatic heterocycles. The molecule has 0 spiro atoms. The zero-order valence-electron chi connectivity index (χ0n) is 25.5. The fourth-order valence-electron chi connectivity index (χ4n) is 9.06. The molecule has 43 heavy (non-hydrogen) atoms. The number of benzene rings is 1. The number of rotatable bonds is 9. The largest absolute Gasteiger partial charge is 0.451 e. The topological polar surface area (TPSA) is 72.9 Å². The summed E-state index contributed by atoms with van der Waals surface area (Å²) >= 11 is 18.4. The first-order chi connectivity index (χ1) is 20.4. The molecule has 2 fully saturated rings. The van der Waals surface area contributed by atoms with E-state index >= 15 is 0 Å². The standard InChI is InChI=1S/C34H42Cl3NO5/c1-21(39)34(43-22(2)40)14-11-28-26-7-6-24-20-25(9-12-32(24,3)27(26)10-13-33(28,34)4)42-31(41)23-5-8-29(37)30(19-23)38(17-15-35)18-16-36/h5-6,8,19-20,26-28H,7,9-18H2,1-4H3/t26-,27+,28+,32+,33+,34+/m1/s1. The summed E-state index contributed by atoms with van der Waals surface area (Å²) in [5.74, 6) is 1.85. The first-order valence-electron chi connectivity index (χ1n) is 15.4. The number of nitrogens with zero attached hydrogens (tertiary/aromatic N) is 1. The number of carbonyl (C=O) groups excluding carboxylic acids is 3. The summed E-state index contributed by atoms with van der Waals surface area (Å²) in [6.07, 6.45) is 10.2. The maximum absolute atomic E-state index is 13.3. The van der Waals surface area contributed by atoms with Crippen LogP contribution in [0, 0.1) is 28.6 Å². The van der Waals surface area contributed by atoms with Gasteiger partial charge in [-0.05, 0) is 98.5 Å². The van der Waals surface area contributed by atoms with E-state index in [2.05, 4.69) is 26.0 Å². The Labute approximate surface area is 270 Å². The van der Waals surface area contributed by atoms with Crippen LogP contribution in [0.3, 0.4) is 0 Å². The van der Waals surface area contributed by atoms with Crippen molar-refractivity contribution in [3.8, 4) is 0 Å². The molecule has 4 aliphatic carbocycles. The minimum atomic E-state index is -1.03. The third kappa shape index (κ3) is 5.55. The Balaban J connectivity index is 1.35. The van der Waals surface area contributed by atoms with Crippen LogP contribution in [0.1, 0.15) is 83.0 Å². The minimum Gasteiger partial charge on any atom is -0.451 e. The summed E-state index contributed by atoms with van der Waals surface area (Å²) in [6, 6.07) is 5.14. The maximum atomic E-state index is 13.3. The van der Waals surface area contributed by atoms with Crippen LogP contribution in [0.4, 0.5) is 5.69 Å². The van der Waals surface area contributed by atoms with E-state index in [9.17, 15) is 14.4 Å². The van der Waals surface area contributed by atoms with Crippen molar-refractivity contribution in [1.82, 2.24) is 0 Å². The van der Waals surface area contributed by atoms with Crippen molar-refractivity contribution >= 4 is 58.2 Å². The van der Waals surface area contributed by atoms with Crippen LogP contribution in [-0.4, -0.2) is 48.2 Å². The monoisotopic (exact) mass is 649 g/mol. The van der Waals surface area contributed by atoms with Crippen LogP contribution in [0.2, 0.25) is 5.02 Å². The fourth-order valence-corrected chi connectivity index (χ4v) is 9.70. The highest BCUT2D eigenvalue weighted by Crippen LogP contribution is 2.67. The Hall–Kier alpha value is -2.02. The molecule has 0 heterocycles. The summed E-state index contributed by atoms with van der Waals surface area (Å²) < 4.78 is 11.9. The van der Waals surface area contributed by atoms with Gasteiger partial charge in [-0.1, -0.05) is 31.5 Å². The lowest BCUT2D eigenvalue weighted by molar-refractivity contribution is -0.186. The predicted molar refractivity (Wildman–Crippen MR) is 171 cm³/mol. The Morgan fingerprint density at radius 1 is 1.00 bits per heavy atom. The van der Waals surface area contributed by atoms with E-state index in [1.54, 1.807) is 25.1 Å². The second kappa shape index (κ2) is 12.4. The van der Waals surface area contributed by atoms with Gasteiger partial charge in [0.1, 0.15) is 5.76 Å². The molecular formula is C34H42Cl3NO5. The molecule has 0 unspecified atom stereocenters. The fraction of sp³-hybridized carbons (Fsp3) is 0.618. The molecule has 0 amide bonds. The van der Waals surface area contributed by atoms with Crippen LogP contribution >= 0.6 is 34.8 Å². The van der Waals surface area contributed by atoms with Gasteiger partial charge in [0.25, 0.3) is 0 Å². The van der Waals surface area contributed by atoms with Gasteiger partial charge in [0, 0.05) is 43.6 Å². The Morgan fingerprint density at radius 3 is 2.35 bits per heavy atom. The average molecular weight is 651 g/mol. The number of ether oxygens (including phenoxy) is 2. The quantitative estimate of drug-likeness (QED) is 0.199. The lowest BCUT2D eigenvalue weighted by Gasteiger charge is -2.58. The summed E-state index contributed by atoms with van der Waals surface area (Å²) in [4.78, 5) is 40.4. The Morgan fingerprint density at radius 2 is 1.70 bits per heavy atom. The molecule has 9 heteroatoms. The second-order valence-corrected chi connectivity index (χ2v) is 14.4. The molecule has 4 aliphatic rings. The summed E-state index contributed by atoms with van der Waals surface area (Å²) in [5.41, 5.74) is 0.936. The molecule has 5 rings (SSSR count). The van der Waals surface area contributed by atoms with Gasteiger partial charge in [-0.15, -0.1) is 23.2 Å². The maximum Gasteiger partial charge on any atom is 0.343 e. The molecule has 6 atom stereocenters. The molecule has 0 radical (unpaired) electrons. The number of alkyl halides is 2. The Bertz CT molecular complexity index is 1350. The van der Waals surface area contributed by atoms with Crippen LogP contribution in [0.25, 0.3) is 0 Å². The Kier molecular flexibility index (Phi) is 9.34. The van der Waals surface area contributed by atoms with Gasteiger partial charge in [-0.2, -0.15) is 0 Å². The van der Waals surface area contributed by atoms with E-state index in [4.69, 9.17) is 44.3 Å². The van der Waals surface area contributed by atoms with Crippen LogP contribution in [-0.2, 0) is 19.1 Å². The number of fused-ring (bicyclic) bond motifs is 5.